The minimum atomic E-state index is -3.59. The SMILES string of the molecule is CC(C)C(C(=O)N1CCC(O)(C(=O)O)CC1)S(=O)(=O)C1CCCCC1. The molecule has 2 aliphatic rings. The monoisotopic (exact) mass is 375 g/mol. The summed E-state index contributed by atoms with van der Waals surface area (Å²) in [6.07, 6.45) is 3.84. The van der Waals surface area contributed by atoms with Crippen molar-refractivity contribution >= 4 is 21.7 Å². The van der Waals surface area contributed by atoms with Gasteiger partial charge in [-0.3, -0.25) is 4.79 Å². The summed E-state index contributed by atoms with van der Waals surface area (Å²) in [6, 6.07) is 0. The molecule has 0 aromatic heterocycles. The van der Waals surface area contributed by atoms with Gasteiger partial charge in [-0.15, -0.1) is 0 Å². The Hall–Kier alpha value is -1.15. The van der Waals surface area contributed by atoms with Crippen LogP contribution >= 0.6 is 0 Å². The Morgan fingerprint density at radius 2 is 1.60 bits per heavy atom. The van der Waals surface area contributed by atoms with Gasteiger partial charge in [-0.05, 0) is 18.8 Å². The second kappa shape index (κ2) is 7.61. The topological polar surface area (TPSA) is 112 Å². The summed E-state index contributed by atoms with van der Waals surface area (Å²) in [5.41, 5.74) is -1.83. The van der Waals surface area contributed by atoms with Gasteiger partial charge in [-0.2, -0.15) is 0 Å². The van der Waals surface area contributed by atoms with Crippen molar-refractivity contribution in [3.8, 4) is 0 Å². The predicted octanol–water partition coefficient (Wildman–Crippen LogP) is 1.20. The van der Waals surface area contributed by atoms with Crippen LogP contribution in [0.25, 0.3) is 0 Å². The van der Waals surface area contributed by atoms with Gasteiger partial charge in [0.1, 0.15) is 5.25 Å². The number of amides is 1. The largest absolute Gasteiger partial charge is 0.479 e. The Morgan fingerprint density at radius 1 is 1.08 bits per heavy atom. The summed E-state index contributed by atoms with van der Waals surface area (Å²) in [5.74, 6) is -2.09. The third-order valence-corrected chi connectivity index (χ3v) is 8.37. The van der Waals surface area contributed by atoms with E-state index in [0.29, 0.717) is 12.8 Å². The van der Waals surface area contributed by atoms with E-state index >= 15 is 0 Å². The fourth-order valence-electron chi connectivity index (χ4n) is 3.90. The van der Waals surface area contributed by atoms with Crippen LogP contribution in [0.3, 0.4) is 0 Å². The maximum absolute atomic E-state index is 13.1. The highest BCUT2D eigenvalue weighted by molar-refractivity contribution is 7.93. The summed E-state index contributed by atoms with van der Waals surface area (Å²) in [6.45, 7) is 3.59. The number of carboxylic acid groups (broad SMARTS) is 1. The molecule has 1 amide bonds. The molecule has 1 aliphatic carbocycles. The van der Waals surface area contributed by atoms with Gasteiger partial charge in [-0.1, -0.05) is 33.1 Å². The van der Waals surface area contributed by atoms with Gasteiger partial charge in [0, 0.05) is 25.9 Å². The molecule has 2 rings (SSSR count). The second-order valence-electron chi connectivity index (χ2n) is 7.68. The quantitative estimate of drug-likeness (QED) is 0.747. The summed E-state index contributed by atoms with van der Waals surface area (Å²) in [5, 5.41) is 17.5. The molecule has 0 bridgehead atoms. The molecule has 1 aliphatic heterocycles. The number of carbonyl (C=O) groups is 2. The van der Waals surface area contributed by atoms with Gasteiger partial charge >= 0.3 is 5.97 Å². The highest BCUT2D eigenvalue weighted by Gasteiger charge is 2.46. The van der Waals surface area contributed by atoms with Crippen LogP contribution in [-0.4, -0.2) is 64.6 Å². The molecule has 1 atom stereocenters. The first-order valence-corrected chi connectivity index (χ1v) is 10.7. The molecule has 0 aromatic rings. The standard InChI is InChI=1S/C17H29NO6S/c1-12(2)14(25(23,24)13-6-4-3-5-7-13)15(19)18-10-8-17(22,9-11-18)16(20)21/h12-14,22H,3-11H2,1-2H3,(H,20,21). The summed E-state index contributed by atoms with van der Waals surface area (Å²) in [7, 11) is -3.59. The molecule has 0 spiro atoms. The van der Waals surface area contributed by atoms with E-state index in [0.717, 1.165) is 19.3 Å². The number of carbonyl (C=O) groups excluding carboxylic acids is 1. The van der Waals surface area contributed by atoms with Crippen molar-refractivity contribution < 1.29 is 28.2 Å². The van der Waals surface area contributed by atoms with Crippen molar-refractivity contribution in [3.63, 3.8) is 0 Å². The van der Waals surface area contributed by atoms with Gasteiger partial charge < -0.3 is 15.1 Å². The van der Waals surface area contributed by atoms with E-state index in [2.05, 4.69) is 0 Å². The minimum Gasteiger partial charge on any atom is -0.479 e. The Morgan fingerprint density at radius 3 is 2.04 bits per heavy atom. The number of carboxylic acids is 1. The molecule has 1 saturated heterocycles. The summed E-state index contributed by atoms with van der Waals surface area (Å²) >= 11 is 0. The van der Waals surface area contributed by atoms with Gasteiger partial charge in [0.25, 0.3) is 0 Å². The van der Waals surface area contributed by atoms with Crippen molar-refractivity contribution in [2.24, 2.45) is 5.92 Å². The van der Waals surface area contributed by atoms with Crippen molar-refractivity contribution in [1.82, 2.24) is 4.90 Å². The number of likely N-dealkylation sites (tertiary alicyclic amines) is 1. The van der Waals surface area contributed by atoms with E-state index in [1.807, 2.05) is 0 Å². The van der Waals surface area contributed by atoms with E-state index in [-0.39, 0.29) is 31.8 Å². The normalized spacial score (nSPS) is 23.4. The van der Waals surface area contributed by atoms with Crippen LogP contribution in [0, 0.1) is 5.92 Å². The Bertz CT molecular complexity index is 601. The van der Waals surface area contributed by atoms with Crippen LogP contribution in [0.1, 0.15) is 58.8 Å². The van der Waals surface area contributed by atoms with E-state index in [1.165, 1.54) is 4.90 Å². The first-order valence-electron chi connectivity index (χ1n) is 9.07. The fraction of sp³-hybridized carbons (Fsp3) is 0.882. The number of hydrogen-bond donors (Lipinski definition) is 2. The first kappa shape index (κ1) is 20.2. The zero-order chi connectivity index (χ0) is 18.8. The lowest BCUT2D eigenvalue weighted by Crippen LogP contribution is -2.55. The van der Waals surface area contributed by atoms with Crippen molar-refractivity contribution in [2.45, 2.75) is 74.9 Å². The lowest BCUT2D eigenvalue weighted by Gasteiger charge is -2.38. The van der Waals surface area contributed by atoms with Gasteiger partial charge in [0.2, 0.25) is 5.91 Å². The zero-order valence-electron chi connectivity index (χ0n) is 15.0. The molecule has 1 unspecified atom stereocenters. The van der Waals surface area contributed by atoms with Crippen LogP contribution in [0.2, 0.25) is 0 Å². The van der Waals surface area contributed by atoms with Gasteiger partial charge in [0.05, 0.1) is 5.25 Å². The molecule has 8 heteroatoms. The molecule has 7 nitrogen and oxygen atoms in total. The van der Waals surface area contributed by atoms with Crippen LogP contribution in [0.15, 0.2) is 0 Å². The summed E-state index contributed by atoms with van der Waals surface area (Å²) in [4.78, 5) is 25.4. The Labute approximate surface area is 149 Å². The zero-order valence-corrected chi connectivity index (χ0v) is 15.8. The number of piperidine rings is 1. The fourth-order valence-corrected chi connectivity index (χ4v) is 6.49. The van der Waals surface area contributed by atoms with E-state index in [9.17, 15) is 23.1 Å². The highest BCUT2D eigenvalue weighted by atomic mass is 32.2. The Kier molecular flexibility index (Phi) is 6.14. The van der Waals surface area contributed by atoms with Crippen LogP contribution in [0.4, 0.5) is 0 Å². The van der Waals surface area contributed by atoms with Crippen LogP contribution in [0.5, 0.6) is 0 Å². The number of nitrogens with zero attached hydrogens (tertiary/aromatic N) is 1. The van der Waals surface area contributed by atoms with Crippen molar-refractivity contribution in [2.75, 3.05) is 13.1 Å². The number of aliphatic hydroxyl groups is 1. The van der Waals surface area contributed by atoms with E-state index < -0.39 is 37.8 Å². The smallest absolute Gasteiger partial charge is 0.335 e. The predicted molar refractivity (Wildman–Crippen MR) is 92.8 cm³/mol. The number of hydrogen-bond acceptors (Lipinski definition) is 5. The van der Waals surface area contributed by atoms with Crippen molar-refractivity contribution in [1.29, 1.82) is 0 Å². The average molecular weight is 375 g/mol. The average Bonchev–Trinajstić information content (AvgIpc) is 2.55. The lowest BCUT2D eigenvalue weighted by molar-refractivity contribution is -0.165. The number of rotatable bonds is 5. The number of sulfone groups is 1. The maximum atomic E-state index is 13.1. The molecule has 1 saturated carbocycles. The van der Waals surface area contributed by atoms with E-state index in [1.54, 1.807) is 13.8 Å². The molecule has 0 radical (unpaired) electrons. The van der Waals surface area contributed by atoms with Crippen LogP contribution < -0.4 is 0 Å². The lowest BCUT2D eigenvalue weighted by atomic mass is 9.91. The molecular formula is C17H29NO6S. The molecular weight excluding hydrogens is 346 g/mol. The molecule has 2 fully saturated rings. The van der Waals surface area contributed by atoms with E-state index in [4.69, 9.17) is 5.11 Å². The highest BCUT2D eigenvalue weighted by Crippen LogP contribution is 2.31. The molecule has 144 valence electrons. The van der Waals surface area contributed by atoms with Gasteiger partial charge in [0.15, 0.2) is 15.4 Å². The molecule has 25 heavy (non-hydrogen) atoms. The second-order valence-corrected chi connectivity index (χ2v) is 10.0. The third kappa shape index (κ3) is 4.16. The van der Waals surface area contributed by atoms with Gasteiger partial charge in [-0.25, -0.2) is 13.2 Å². The minimum absolute atomic E-state index is 0.0606. The molecule has 0 aromatic carbocycles. The Balaban J connectivity index is 2.15. The number of aliphatic carboxylic acids is 1. The molecule has 1 heterocycles. The maximum Gasteiger partial charge on any atom is 0.335 e. The third-order valence-electron chi connectivity index (χ3n) is 5.52. The van der Waals surface area contributed by atoms with Crippen molar-refractivity contribution in [3.05, 3.63) is 0 Å². The first-order chi connectivity index (χ1) is 11.6. The summed E-state index contributed by atoms with van der Waals surface area (Å²) < 4.78 is 26.1. The van der Waals surface area contributed by atoms with Crippen LogP contribution in [-0.2, 0) is 19.4 Å². The molecule has 2 N–H and O–H groups in total.